The molecule has 0 spiro atoms. The van der Waals surface area contributed by atoms with Crippen molar-refractivity contribution in [1.29, 1.82) is 0 Å². The molecule has 0 aromatic heterocycles. The van der Waals surface area contributed by atoms with E-state index >= 15 is 0 Å². The first kappa shape index (κ1) is 19.2. The van der Waals surface area contributed by atoms with E-state index in [0.29, 0.717) is 23.4 Å². The van der Waals surface area contributed by atoms with Crippen LogP contribution < -0.4 is 0 Å². The predicted octanol–water partition coefficient (Wildman–Crippen LogP) is 5.82. The Kier molecular flexibility index (Phi) is 6.52. The first-order valence-electron chi connectivity index (χ1n) is 10.1. The van der Waals surface area contributed by atoms with Gasteiger partial charge < -0.3 is 9.22 Å². The number of hydrogen-bond acceptors (Lipinski definition) is 2. The van der Waals surface area contributed by atoms with Crippen LogP contribution in [0.25, 0.3) is 0 Å². The normalized spacial score (nSPS) is 35.8. The molecule has 5 atom stereocenters. The molecule has 0 bridgehead atoms. The largest absolute Gasteiger partial charge is 0.414 e. The molecule has 2 fully saturated rings. The molecule has 0 aromatic carbocycles. The lowest BCUT2D eigenvalue weighted by Crippen LogP contribution is -2.48. The Morgan fingerprint density at radius 2 is 1.83 bits per heavy atom. The lowest BCUT2D eigenvalue weighted by molar-refractivity contribution is -0.109. The average molecular weight is 339 g/mol. The van der Waals surface area contributed by atoms with E-state index in [-0.39, 0.29) is 0 Å². The second-order valence-corrected chi connectivity index (χ2v) is 13.2. The van der Waals surface area contributed by atoms with Gasteiger partial charge in [-0.1, -0.05) is 41.0 Å². The molecule has 0 amide bonds. The fourth-order valence-corrected chi connectivity index (χ4v) is 8.80. The number of fused-ring (bicyclic) bond motifs is 1. The first-order chi connectivity index (χ1) is 11.0. The van der Waals surface area contributed by atoms with Crippen molar-refractivity contribution in [2.75, 3.05) is 0 Å². The highest BCUT2D eigenvalue weighted by atomic mass is 28.4. The summed E-state index contributed by atoms with van der Waals surface area (Å²) in [6.07, 6.45) is 8.88. The fraction of sp³-hybridized carbons (Fsp3) is 0.950. The SMILES string of the molecule is CC[Si](CC)(CC)OC1CCCC2(C)[C@@H]([C@H](C)CC=O)CC[C@@H]12. The predicted molar refractivity (Wildman–Crippen MR) is 100 cm³/mol. The van der Waals surface area contributed by atoms with Crippen LogP contribution in [0.2, 0.25) is 18.1 Å². The van der Waals surface area contributed by atoms with E-state index < -0.39 is 8.32 Å². The van der Waals surface area contributed by atoms with Crippen molar-refractivity contribution in [3.63, 3.8) is 0 Å². The van der Waals surface area contributed by atoms with Crippen molar-refractivity contribution in [3.8, 4) is 0 Å². The van der Waals surface area contributed by atoms with Crippen molar-refractivity contribution in [2.24, 2.45) is 23.2 Å². The van der Waals surface area contributed by atoms with Crippen LogP contribution in [0.4, 0.5) is 0 Å². The van der Waals surface area contributed by atoms with Crippen molar-refractivity contribution in [1.82, 2.24) is 0 Å². The van der Waals surface area contributed by atoms with Gasteiger partial charge in [0.25, 0.3) is 0 Å². The molecular weight excluding hydrogens is 300 g/mol. The van der Waals surface area contributed by atoms with E-state index in [1.165, 1.54) is 50.2 Å². The maximum atomic E-state index is 11.0. The molecule has 2 saturated carbocycles. The van der Waals surface area contributed by atoms with Crippen LogP contribution in [-0.2, 0) is 9.22 Å². The van der Waals surface area contributed by atoms with Gasteiger partial charge in [0.05, 0.1) is 0 Å². The minimum absolute atomic E-state index is 0.403. The molecule has 134 valence electrons. The summed E-state index contributed by atoms with van der Waals surface area (Å²) >= 11 is 0. The summed E-state index contributed by atoms with van der Waals surface area (Å²) in [4.78, 5) is 11.0. The third-order valence-corrected chi connectivity index (χ3v) is 12.3. The zero-order valence-corrected chi connectivity index (χ0v) is 17.1. The van der Waals surface area contributed by atoms with Gasteiger partial charge >= 0.3 is 0 Å². The summed E-state index contributed by atoms with van der Waals surface area (Å²) in [5.74, 6) is 1.98. The number of rotatable bonds is 8. The van der Waals surface area contributed by atoms with Gasteiger partial charge in [-0.15, -0.1) is 0 Å². The molecule has 0 aromatic rings. The number of hydrogen-bond donors (Lipinski definition) is 0. The number of aldehydes is 1. The Morgan fingerprint density at radius 3 is 2.39 bits per heavy atom. The van der Waals surface area contributed by atoms with Crippen LogP contribution in [0.3, 0.4) is 0 Å². The number of carbonyl (C=O) groups is 1. The fourth-order valence-electron chi connectivity index (χ4n) is 5.87. The van der Waals surface area contributed by atoms with Gasteiger partial charge in [0.2, 0.25) is 0 Å². The second-order valence-electron chi connectivity index (χ2n) is 8.47. The van der Waals surface area contributed by atoms with Gasteiger partial charge in [-0.2, -0.15) is 0 Å². The topological polar surface area (TPSA) is 26.3 Å². The van der Waals surface area contributed by atoms with Gasteiger partial charge in [0.1, 0.15) is 6.29 Å². The molecule has 23 heavy (non-hydrogen) atoms. The third-order valence-electron chi connectivity index (χ3n) is 7.62. The lowest BCUT2D eigenvalue weighted by atomic mass is 9.61. The minimum Gasteiger partial charge on any atom is -0.414 e. The molecule has 3 heteroatoms. The molecular formula is C20H38O2Si. The molecule has 2 rings (SSSR count). The molecule has 0 heterocycles. The van der Waals surface area contributed by atoms with Gasteiger partial charge in [-0.25, -0.2) is 0 Å². The van der Waals surface area contributed by atoms with Crippen molar-refractivity contribution in [3.05, 3.63) is 0 Å². The lowest BCUT2D eigenvalue weighted by Gasteiger charge is -2.48. The highest BCUT2D eigenvalue weighted by molar-refractivity contribution is 6.73. The van der Waals surface area contributed by atoms with Gasteiger partial charge in [0, 0.05) is 12.5 Å². The molecule has 2 aliphatic rings. The summed E-state index contributed by atoms with van der Waals surface area (Å²) in [5, 5.41) is 0. The van der Waals surface area contributed by atoms with Crippen LogP contribution >= 0.6 is 0 Å². The van der Waals surface area contributed by atoms with Gasteiger partial charge in [0.15, 0.2) is 8.32 Å². The van der Waals surface area contributed by atoms with Crippen LogP contribution in [-0.4, -0.2) is 20.7 Å². The van der Waals surface area contributed by atoms with Crippen LogP contribution in [0.1, 0.15) is 73.1 Å². The molecule has 0 radical (unpaired) electrons. The summed E-state index contributed by atoms with van der Waals surface area (Å²) in [6, 6.07) is 3.76. The average Bonchev–Trinajstić information content (AvgIpc) is 2.91. The standard InChI is InChI=1S/C20H38O2Si/c1-6-23(7-2,8-3)22-19-10-9-14-20(5)17(11-12-18(19)20)16(4)13-15-21/h15-19H,6-14H2,1-5H3/t16-,17-,18+,19?,20?/m1/s1. The van der Waals surface area contributed by atoms with Gasteiger partial charge in [-0.05, 0) is 67.0 Å². The van der Waals surface area contributed by atoms with Crippen molar-refractivity contribution < 1.29 is 9.22 Å². The van der Waals surface area contributed by atoms with E-state index in [0.717, 1.165) is 18.6 Å². The Labute approximate surface area is 144 Å². The molecule has 0 N–H and O–H groups in total. The van der Waals surface area contributed by atoms with Crippen molar-refractivity contribution in [2.45, 2.75) is 97.4 Å². The van der Waals surface area contributed by atoms with E-state index in [4.69, 9.17) is 4.43 Å². The van der Waals surface area contributed by atoms with Gasteiger partial charge in [-0.3, -0.25) is 0 Å². The smallest absolute Gasteiger partial charge is 0.192 e. The minimum atomic E-state index is -1.52. The zero-order valence-electron chi connectivity index (χ0n) is 16.1. The second kappa shape index (κ2) is 7.82. The first-order valence-corrected chi connectivity index (χ1v) is 12.6. The summed E-state index contributed by atoms with van der Waals surface area (Å²) in [5.41, 5.74) is 0.403. The summed E-state index contributed by atoms with van der Waals surface area (Å²) in [6.45, 7) is 11.8. The maximum absolute atomic E-state index is 11.0. The molecule has 2 aliphatic carbocycles. The van der Waals surface area contributed by atoms with Crippen LogP contribution in [0.5, 0.6) is 0 Å². The van der Waals surface area contributed by atoms with E-state index in [2.05, 4.69) is 34.6 Å². The molecule has 0 aliphatic heterocycles. The Morgan fingerprint density at radius 1 is 1.17 bits per heavy atom. The zero-order chi connectivity index (χ0) is 17.1. The Hall–Kier alpha value is -0.153. The summed E-state index contributed by atoms with van der Waals surface area (Å²) in [7, 11) is -1.52. The summed E-state index contributed by atoms with van der Waals surface area (Å²) < 4.78 is 6.96. The highest BCUT2D eigenvalue weighted by Gasteiger charge is 2.53. The van der Waals surface area contributed by atoms with E-state index in [9.17, 15) is 4.79 Å². The Balaban J connectivity index is 2.15. The monoisotopic (exact) mass is 338 g/mol. The van der Waals surface area contributed by atoms with E-state index in [1.54, 1.807) is 0 Å². The van der Waals surface area contributed by atoms with Crippen LogP contribution in [0.15, 0.2) is 0 Å². The molecule has 2 unspecified atom stereocenters. The molecule has 2 nitrogen and oxygen atoms in total. The van der Waals surface area contributed by atoms with Crippen LogP contribution in [0, 0.1) is 23.2 Å². The van der Waals surface area contributed by atoms with E-state index in [1.807, 2.05) is 0 Å². The molecule has 0 saturated heterocycles. The van der Waals surface area contributed by atoms with Crippen molar-refractivity contribution >= 4 is 14.6 Å². The Bertz CT molecular complexity index is 385. The number of carbonyl (C=O) groups excluding carboxylic acids is 1. The quantitative estimate of drug-likeness (QED) is 0.412. The maximum Gasteiger partial charge on any atom is 0.192 e. The third kappa shape index (κ3) is 3.61. The highest BCUT2D eigenvalue weighted by Crippen LogP contribution is 2.59.